The van der Waals surface area contributed by atoms with E-state index in [0.717, 1.165) is 36.2 Å². The van der Waals surface area contributed by atoms with E-state index in [2.05, 4.69) is 31.9 Å². The summed E-state index contributed by atoms with van der Waals surface area (Å²) in [5, 5.41) is 0. The molecule has 0 unspecified atom stereocenters. The summed E-state index contributed by atoms with van der Waals surface area (Å²) < 4.78 is 6.52. The lowest BCUT2D eigenvalue weighted by atomic mass is 10.1. The summed E-state index contributed by atoms with van der Waals surface area (Å²) in [5.41, 5.74) is 0.662. The molecule has 2 fully saturated rings. The van der Waals surface area contributed by atoms with Crippen molar-refractivity contribution in [1.82, 2.24) is 9.88 Å². The van der Waals surface area contributed by atoms with Crippen molar-refractivity contribution in [3.63, 3.8) is 0 Å². The van der Waals surface area contributed by atoms with Gasteiger partial charge in [0.25, 0.3) is 0 Å². The zero-order valence-corrected chi connectivity index (χ0v) is 14.8. The summed E-state index contributed by atoms with van der Waals surface area (Å²) in [5.74, 6) is 0.520. The van der Waals surface area contributed by atoms with E-state index in [-0.39, 0.29) is 12.1 Å². The van der Waals surface area contributed by atoms with Crippen LogP contribution in [0.5, 0.6) is 0 Å². The monoisotopic (exact) mass is 367 g/mol. The highest BCUT2D eigenvalue weighted by molar-refractivity contribution is 9.10. The Labute approximate surface area is 139 Å². The number of amides is 1. The van der Waals surface area contributed by atoms with Gasteiger partial charge in [-0.05, 0) is 49.2 Å². The molecule has 1 aromatic heterocycles. The van der Waals surface area contributed by atoms with Crippen molar-refractivity contribution in [1.29, 1.82) is 0 Å². The fourth-order valence-corrected chi connectivity index (χ4v) is 3.65. The number of aromatic nitrogens is 1. The first-order valence-corrected chi connectivity index (χ1v) is 8.48. The molecule has 0 aliphatic carbocycles. The number of nitrogens with zero attached hydrogens (tertiary/aromatic N) is 3. The van der Waals surface area contributed by atoms with Gasteiger partial charge in [-0.15, -0.1) is 0 Å². The second-order valence-corrected chi connectivity index (χ2v) is 7.97. The Morgan fingerprint density at radius 2 is 2.14 bits per heavy atom. The molecule has 2 aliphatic heterocycles. The lowest BCUT2D eigenvalue weighted by Gasteiger charge is -2.28. The number of anilines is 1. The number of carbonyl (C=O) groups is 1. The third kappa shape index (κ3) is 3.21. The Kier molecular flexibility index (Phi) is 4.05. The lowest BCUT2D eigenvalue weighted by Crippen LogP contribution is -2.42. The minimum Gasteiger partial charge on any atom is -0.444 e. The quantitative estimate of drug-likeness (QED) is 0.763. The van der Waals surface area contributed by atoms with E-state index in [1.165, 1.54) is 0 Å². The van der Waals surface area contributed by atoms with Gasteiger partial charge in [0, 0.05) is 36.2 Å². The van der Waals surface area contributed by atoms with E-state index in [0.29, 0.717) is 5.92 Å². The first-order valence-electron chi connectivity index (χ1n) is 7.68. The lowest BCUT2D eigenvalue weighted by molar-refractivity contribution is 0.0229. The van der Waals surface area contributed by atoms with Crippen LogP contribution in [0.15, 0.2) is 22.9 Å². The second-order valence-electron chi connectivity index (χ2n) is 7.06. The van der Waals surface area contributed by atoms with E-state index in [4.69, 9.17) is 4.74 Å². The Bertz CT molecular complexity index is 573. The van der Waals surface area contributed by atoms with Crippen molar-refractivity contribution >= 4 is 27.7 Å². The predicted molar refractivity (Wildman–Crippen MR) is 89.0 cm³/mol. The zero-order chi connectivity index (χ0) is 15.9. The molecule has 2 saturated heterocycles. The van der Waals surface area contributed by atoms with Gasteiger partial charge >= 0.3 is 6.09 Å². The van der Waals surface area contributed by atoms with E-state index >= 15 is 0 Å². The largest absolute Gasteiger partial charge is 0.444 e. The molecule has 5 nitrogen and oxygen atoms in total. The van der Waals surface area contributed by atoms with Crippen molar-refractivity contribution in [3.05, 3.63) is 22.9 Å². The Balaban J connectivity index is 1.70. The van der Waals surface area contributed by atoms with E-state index < -0.39 is 5.60 Å². The first kappa shape index (κ1) is 15.6. The molecule has 2 atom stereocenters. The van der Waals surface area contributed by atoms with Crippen LogP contribution in [0.3, 0.4) is 0 Å². The molecule has 0 saturated carbocycles. The van der Waals surface area contributed by atoms with Gasteiger partial charge in [-0.2, -0.15) is 0 Å². The van der Waals surface area contributed by atoms with Crippen LogP contribution in [0.1, 0.15) is 27.2 Å². The number of fused-ring (bicyclic) bond motifs is 1. The number of ether oxygens (including phenoxy) is 1. The first-order chi connectivity index (χ1) is 10.3. The maximum absolute atomic E-state index is 12.4. The number of likely N-dealkylation sites (tertiary alicyclic amines) is 1. The summed E-state index contributed by atoms with van der Waals surface area (Å²) in [4.78, 5) is 20.8. The smallest absolute Gasteiger partial charge is 0.410 e. The van der Waals surface area contributed by atoms with Gasteiger partial charge in [-0.25, -0.2) is 4.79 Å². The fraction of sp³-hybridized carbons (Fsp3) is 0.625. The van der Waals surface area contributed by atoms with Gasteiger partial charge in [-0.1, -0.05) is 0 Å². The maximum Gasteiger partial charge on any atom is 0.410 e. The van der Waals surface area contributed by atoms with Crippen molar-refractivity contribution in [2.24, 2.45) is 5.92 Å². The average Bonchev–Trinajstić information content (AvgIpc) is 2.95. The molecule has 3 heterocycles. The van der Waals surface area contributed by atoms with Crippen LogP contribution in [0.2, 0.25) is 0 Å². The normalized spacial score (nSPS) is 24.5. The highest BCUT2D eigenvalue weighted by Gasteiger charge is 2.44. The molecule has 0 N–H and O–H groups in total. The van der Waals surface area contributed by atoms with Crippen molar-refractivity contribution in [2.45, 2.75) is 38.8 Å². The Morgan fingerprint density at radius 3 is 2.82 bits per heavy atom. The summed E-state index contributed by atoms with van der Waals surface area (Å²) >= 11 is 3.46. The molecular weight excluding hydrogens is 346 g/mol. The number of rotatable bonds is 1. The molecular formula is C16H22BrN3O2. The highest BCUT2D eigenvalue weighted by Crippen LogP contribution is 2.35. The van der Waals surface area contributed by atoms with Crippen molar-refractivity contribution in [2.75, 3.05) is 24.5 Å². The molecule has 1 aromatic rings. The summed E-state index contributed by atoms with van der Waals surface area (Å²) in [6.45, 7) is 8.35. The van der Waals surface area contributed by atoms with Gasteiger partial charge < -0.3 is 14.5 Å². The Morgan fingerprint density at radius 1 is 1.36 bits per heavy atom. The maximum atomic E-state index is 12.4. The molecule has 120 valence electrons. The standard InChI is InChI=1S/C16H22BrN3O2/c1-16(2,3)22-15(21)20-5-4-11-9-19(10-14(11)20)13-6-12(17)7-18-8-13/h6-8,11,14H,4-5,9-10H2,1-3H3/t11-,14+/m1/s1. The molecule has 0 spiro atoms. The summed E-state index contributed by atoms with van der Waals surface area (Å²) in [7, 11) is 0. The minimum atomic E-state index is -0.443. The van der Waals surface area contributed by atoms with Crippen LogP contribution < -0.4 is 4.90 Å². The molecule has 0 bridgehead atoms. The van der Waals surface area contributed by atoms with Crippen LogP contribution in [-0.2, 0) is 4.74 Å². The molecule has 3 rings (SSSR count). The molecule has 0 aromatic carbocycles. The number of pyridine rings is 1. The molecule has 22 heavy (non-hydrogen) atoms. The number of hydrogen-bond donors (Lipinski definition) is 0. The average molecular weight is 368 g/mol. The van der Waals surface area contributed by atoms with Crippen LogP contribution >= 0.6 is 15.9 Å². The third-order valence-electron chi connectivity index (χ3n) is 4.23. The second kappa shape index (κ2) is 5.72. The highest BCUT2D eigenvalue weighted by atomic mass is 79.9. The number of halogens is 1. The third-order valence-corrected chi connectivity index (χ3v) is 4.66. The number of carbonyl (C=O) groups excluding carboxylic acids is 1. The molecule has 1 amide bonds. The van der Waals surface area contributed by atoms with Gasteiger partial charge in [0.2, 0.25) is 0 Å². The van der Waals surface area contributed by atoms with E-state index in [9.17, 15) is 4.79 Å². The Hall–Kier alpha value is -1.30. The minimum absolute atomic E-state index is 0.186. The van der Waals surface area contributed by atoms with Gasteiger partial charge in [0.05, 0.1) is 17.9 Å². The van der Waals surface area contributed by atoms with Gasteiger partial charge in [-0.3, -0.25) is 4.98 Å². The fourth-order valence-electron chi connectivity index (χ4n) is 3.29. The molecule has 6 heteroatoms. The molecule has 2 aliphatic rings. The van der Waals surface area contributed by atoms with Crippen LogP contribution in [0, 0.1) is 5.92 Å². The summed E-state index contributed by atoms with van der Waals surface area (Å²) in [6, 6.07) is 2.32. The summed E-state index contributed by atoms with van der Waals surface area (Å²) in [6.07, 6.45) is 4.52. The van der Waals surface area contributed by atoms with E-state index in [1.54, 1.807) is 6.20 Å². The SMILES string of the molecule is CC(C)(C)OC(=O)N1CC[C@@H]2CN(c3cncc(Br)c3)C[C@@H]21. The van der Waals surface area contributed by atoms with Crippen molar-refractivity contribution in [3.8, 4) is 0 Å². The van der Waals surface area contributed by atoms with Gasteiger partial charge in [0.15, 0.2) is 0 Å². The van der Waals surface area contributed by atoms with Gasteiger partial charge in [0.1, 0.15) is 5.60 Å². The van der Waals surface area contributed by atoms with Crippen LogP contribution in [-0.4, -0.2) is 47.3 Å². The number of hydrogen-bond acceptors (Lipinski definition) is 4. The van der Waals surface area contributed by atoms with Crippen molar-refractivity contribution < 1.29 is 9.53 Å². The zero-order valence-electron chi connectivity index (χ0n) is 13.3. The topological polar surface area (TPSA) is 45.7 Å². The van der Waals surface area contributed by atoms with Crippen LogP contribution in [0.25, 0.3) is 0 Å². The van der Waals surface area contributed by atoms with E-state index in [1.807, 2.05) is 31.9 Å². The van der Waals surface area contributed by atoms with Crippen LogP contribution in [0.4, 0.5) is 10.5 Å². The molecule has 0 radical (unpaired) electrons. The predicted octanol–water partition coefficient (Wildman–Crippen LogP) is 3.29.